The number of unbranched alkanes of at least 4 members (excludes halogenated alkanes) is 2. The number of fused-ring (bicyclic) bond motifs is 1. The predicted octanol–water partition coefficient (Wildman–Crippen LogP) is 8.44. The van der Waals surface area contributed by atoms with Crippen molar-refractivity contribution in [2.75, 3.05) is 25.0 Å². The summed E-state index contributed by atoms with van der Waals surface area (Å²) in [6, 6.07) is 19.7. The van der Waals surface area contributed by atoms with Gasteiger partial charge in [0.2, 0.25) is 0 Å². The van der Waals surface area contributed by atoms with Crippen LogP contribution in [0.3, 0.4) is 0 Å². The molecule has 0 saturated carbocycles. The number of halogens is 2. The maximum atomic E-state index is 14.7. The highest BCUT2D eigenvalue weighted by atomic mass is 35.5. The number of aromatic nitrogens is 2. The van der Waals surface area contributed by atoms with Crippen LogP contribution in [0.4, 0.5) is 5.69 Å². The van der Waals surface area contributed by atoms with Crippen LogP contribution in [0.1, 0.15) is 89.2 Å². The number of aliphatic hydroxyl groups excluding tert-OH is 1. The van der Waals surface area contributed by atoms with Crippen LogP contribution in [0.15, 0.2) is 84.5 Å². The van der Waals surface area contributed by atoms with E-state index in [0.29, 0.717) is 70.9 Å². The van der Waals surface area contributed by atoms with Crippen molar-refractivity contribution < 1.29 is 19.5 Å². The topological polar surface area (TPSA) is 108 Å². The number of anilines is 1. The van der Waals surface area contributed by atoms with E-state index in [1.165, 1.54) is 0 Å². The molecule has 11 heteroatoms. The van der Waals surface area contributed by atoms with Crippen LogP contribution in [0.5, 0.6) is 0 Å². The van der Waals surface area contributed by atoms with Gasteiger partial charge in [0, 0.05) is 36.6 Å². The normalized spacial score (nSPS) is 15.1. The van der Waals surface area contributed by atoms with Crippen molar-refractivity contribution in [2.24, 2.45) is 0 Å². The molecule has 1 aliphatic heterocycles. The van der Waals surface area contributed by atoms with Crippen molar-refractivity contribution in [3.8, 4) is 5.69 Å². The molecule has 1 aliphatic carbocycles. The van der Waals surface area contributed by atoms with Gasteiger partial charge in [-0.05, 0) is 91.3 Å². The number of rotatable bonds is 13. The first-order valence-corrected chi connectivity index (χ1v) is 19.0. The summed E-state index contributed by atoms with van der Waals surface area (Å²) in [5, 5.41) is 19.1. The van der Waals surface area contributed by atoms with Gasteiger partial charge in [-0.3, -0.25) is 14.4 Å². The Morgan fingerprint density at radius 3 is 2.42 bits per heavy atom. The van der Waals surface area contributed by atoms with E-state index >= 15 is 0 Å². The number of amides is 3. The van der Waals surface area contributed by atoms with Crippen molar-refractivity contribution in [2.45, 2.75) is 71.9 Å². The van der Waals surface area contributed by atoms with Gasteiger partial charge in [0.1, 0.15) is 0 Å². The average molecular weight is 755 g/mol. The van der Waals surface area contributed by atoms with Crippen molar-refractivity contribution in [3.05, 3.63) is 128 Å². The molecular weight excluding hydrogens is 709 g/mol. The monoisotopic (exact) mass is 753 g/mol. The molecule has 276 valence electrons. The van der Waals surface area contributed by atoms with E-state index in [2.05, 4.69) is 19.2 Å². The van der Waals surface area contributed by atoms with Gasteiger partial charge in [-0.25, -0.2) is 4.68 Å². The van der Waals surface area contributed by atoms with E-state index in [1.807, 2.05) is 54.3 Å². The Kier molecular flexibility index (Phi) is 12.2. The molecule has 2 N–H and O–H groups in total. The average Bonchev–Trinajstić information content (AvgIpc) is 3.82. The molecule has 4 aromatic rings. The van der Waals surface area contributed by atoms with E-state index in [9.17, 15) is 19.5 Å². The smallest absolute Gasteiger partial charge is 0.274 e. The van der Waals surface area contributed by atoms with E-state index in [0.717, 1.165) is 47.9 Å². The molecule has 0 saturated heterocycles. The van der Waals surface area contributed by atoms with Crippen molar-refractivity contribution in [1.29, 1.82) is 0 Å². The first kappa shape index (κ1) is 38.0. The molecule has 0 fully saturated rings. The molecule has 0 unspecified atom stereocenters. The van der Waals surface area contributed by atoms with Crippen LogP contribution >= 0.6 is 23.2 Å². The molecule has 53 heavy (non-hydrogen) atoms. The lowest BCUT2D eigenvalue weighted by Gasteiger charge is -2.36. The third-order valence-electron chi connectivity index (χ3n) is 9.93. The number of carbonyl (C=O) groups is 3. The van der Waals surface area contributed by atoms with Gasteiger partial charge in [0.15, 0.2) is 5.69 Å². The molecule has 0 radical (unpaired) electrons. The summed E-state index contributed by atoms with van der Waals surface area (Å²) in [6.07, 6.45) is 8.38. The number of hydrogen-bond acceptors (Lipinski definition) is 5. The molecule has 9 nitrogen and oxygen atoms in total. The lowest BCUT2D eigenvalue weighted by atomic mass is 9.93. The van der Waals surface area contributed by atoms with Crippen molar-refractivity contribution in [3.63, 3.8) is 0 Å². The molecule has 2 heterocycles. The second-order valence-electron chi connectivity index (χ2n) is 13.6. The number of allylic oxidation sites excluding steroid dienone is 2. The largest absolute Gasteiger partial charge is 0.394 e. The Morgan fingerprint density at radius 1 is 0.962 bits per heavy atom. The quantitative estimate of drug-likeness (QED) is 0.143. The van der Waals surface area contributed by atoms with Gasteiger partial charge >= 0.3 is 0 Å². The van der Waals surface area contributed by atoms with Crippen LogP contribution in [0.2, 0.25) is 10.0 Å². The van der Waals surface area contributed by atoms with E-state index in [1.54, 1.807) is 46.0 Å². The highest BCUT2D eigenvalue weighted by molar-refractivity contribution is 6.43. The van der Waals surface area contributed by atoms with Crippen LogP contribution in [0.25, 0.3) is 11.3 Å². The summed E-state index contributed by atoms with van der Waals surface area (Å²) in [7, 11) is 0. The minimum Gasteiger partial charge on any atom is -0.394 e. The van der Waals surface area contributed by atoms with Gasteiger partial charge in [-0.2, -0.15) is 5.10 Å². The molecule has 6 rings (SSSR count). The van der Waals surface area contributed by atoms with Crippen LogP contribution in [0, 0.1) is 6.92 Å². The molecule has 1 aromatic heterocycles. The molecule has 3 aromatic carbocycles. The Labute approximate surface area is 320 Å². The second-order valence-corrected chi connectivity index (χ2v) is 14.4. The number of nitrogens with one attached hydrogen (secondary N) is 1. The maximum absolute atomic E-state index is 14.7. The third-order valence-corrected chi connectivity index (χ3v) is 10.7. The number of hydrogen-bond donors (Lipinski definition) is 2. The molecule has 2 aliphatic rings. The number of carbonyl (C=O) groups excluding carboxylic acids is 3. The first-order chi connectivity index (χ1) is 25.6. The lowest BCUT2D eigenvalue weighted by molar-refractivity contribution is -0.112. The van der Waals surface area contributed by atoms with Crippen LogP contribution in [-0.4, -0.2) is 68.1 Å². The zero-order valence-corrected chi connectivity index (χ0v) is 31.9. The van der Waals surface area contributed by atoms with Crippen LogP contribution in [-0.2, 0) is 17.8 Å². The zero-order valence-electron chi connectivity index (χ0n) is 30.4. The number of aryl methyl sites for hydroxylation is 1. The van der Waals surface area contributed by atoms with Gasteiger partial charge in [0.05, 0.1) is 33.9 Å². The number of benzene rings is 3. The fraction of sp³-hybridized carbons (Fsp3) is 0.333. The summed E-state index contributed by atoms with van der Waals surface area (Å²) in [6.45, 7) is 7.46. The summed E-state index contributed by atoms with van der Waals surface area (Å²) >= 11 is 12.7. The zero-order chi connectivity index (χ0) is 37.6. The molecular formula is C42H45Cl2N5O4. The minimum absolute atomic E-state index is 0.144. The SMILES string of the molecule is CCCCN(CCCC)C(=O)c1cc(C)n(-c2ccc(NC(=O)C3=CCC(c4cccc(Cl)c4Cl)=C3)cc2C(=O)N2Cc3ccccc3C[C@H]2CO)n1. The highest BCUT2D eigenvalue weighted by Crippen LogP contribution is 2.36. The Morgan fingerprint density at radius 2 is 1.70 bits per heavy atom. The summed E-state index contributed by atoms with van der Waals surface area (Å²) in [5.41, 5.74) is 6.35. The summed E-state index contributed by atoms with van der Waals surface area (Å²) in [5.74, 6) is -0.806. The Bertz CT molecular complexity index is 2080. The van der Waals surface area contributed by atoms with Crippen molar-refractivity contribution >= 4 is 52.2 Å². The molecule has 1 atom stereocenters. The van der Waals surface area contributed by atoms with Crippen molar-refractivity contribution in [1.82, 2.24) is 19.6 Å². The molecule has 0 spiro atoms. The summed E-state index contributed by atoms with van der Waals surface area (Å²) < 4.78 is 1.62. The maximum Gasteiger partial charge on any atom is 0.274 e. The Hall–Kier alpha value is -4.70. The van der Waals surface area contributed by atoms with Gasteiger partial charge in [-0.1, -0.05) is 92.4 Å². The molecule has 0 bridgehead atoms. The van der Waals surface area contributed by atoms with E-state index in [4.69, 9.17) is 28.3 Å². The number of aliphatic hydroxyl groups is 1. The second kappa shape index (κ2) is 17.0. The van der Waals surface area contributed by atoms with E-state index < -0.39 is 6.04 Å². The van der Waals surface area contributed by atoms with Crippen LogP contribution < -0.4 is 5.32 Å². The molecule has 3 amide bonds. The standard InChI is InChI=1S/C42H45Cl2N5O4/c1-4-6-19-47(20-7-5-2)42(53)37-21-27(3)49(46-37)38-18-17-32(45-40(51)30-16-15-29(22-30)34-13-10-14-36(43)39(34)44)24-35(38)41(52)48-25-31-12-9-8-11-28(31)23-33(48)26-50/h8-14,16-18,21-22,24,33,50H,4-7,15,19-20,23,25-26H2,1-3H3,(H,45,51)/t33-/m0/s1. The fourth-order valence-electron chi connectivity index (χ4n) is 6.94. The number of nitrogens with zero attached hydrogens (tertiary/aromatic N) is 4. The predicted molar refractivity (Wildman–Crippen MR) is 211 cm³/mol. The van der Waals surface area contributed by atoms with Gasteiger partial charge < -0.3 is 20.2 Å². The van der Waals surface area contributed by atoms with E-state index in [-0.39, 0.29) is 29.9 Å². The Balaban J connectivity index is 1.35. The third kappa shape index (κ3) is 8.28. The highest BCUT2D eigenvalue weighted by Gasteiger charge is 2.32. The van der Waals surface area contributed by atoms with Gasteiger partial charge in [-0.15, -0.1) is 0 Å². The minimum atomic E-state index is -0.449. The first-order valence-electron chi connectivity index (χ1n) is 18.3. The van der Waals surface area contributed by atoms with Gasteiger partial charge in [0.25, 0.3) is 17.7 Å². The summed E-state index contributed by atoms with van der Waals surface area (Å²) in [4.78, 5) is 45.5. The fourth-order valence-corrected chi connectivity index (χ4v) is 7.36. The lowest BCUT2D eigenvalue weighted by Crippen LogP contribution is -2.46.